The van der Waals surface area contributed by atoms with E-state index in [1.54, 1.807) is 25.9 Å². The molecule has 104 valence electrons. The molecule has 6 heteroatoms. The van der Waals surface area contributed by atoms with Gasteiger partial charge in [-0.25, -0.2) is 9.78 Å². The fourth-order valence-electron chi connectivity index (χ4n) is 1.60. The van der Waals surface area contributed by atoms with Gasteiger partial charge in [-0.2, -0.15) is 0 Å². The molecule has 0 fully saturated rings. The van der Waals surface area contributed by atoms with Gasteiger partial charge in [-0.15, -0.1) is 0 Å². The minimum absolute atomic E-state index is 0.0537. The topological polar surface area (TPSA) is 73.7 Å². The van der Waals surface area contributed by atoms with Crippen molar-refractivity contribution in [2.45, 2.75) is 13.8 Å². The summed E-state index contributed by atoms with van der Waals surface area (Å²) < 4.78 is 0. The number of anilines is 1. The maximum atomic E-state index is 11.7. The Morgan fingerprint density at radius 2 is 1.95 bits per heavy atom. The molecule has 0 saturated heterocycles. The molecule has 0 radical (unpaired) electrons. The lowest BCUT2D eigenvalue weighted by Gasteiger charge is -2.23. The van der Waals surface area contributed by atoms with E-state index < -0.39 is 5.97 Å². The van der Waals surface area contributed by atoms with Crippen LogP contribution in [0.3, 0.4) is 0 Å². The van der Waals surface area contributed by atoms with Gasteiger partial charge in [0.25, 0.3) is 0 Å². The van der Waals surface area contributed by atoms with Crippen LogP contribution < -0.4 is 4.90 Å². The van der Waals surface area contributed by atoms with Crippen LogP contribution in [0.25, 0.3) is 0 Å². The van der Waals surface area contributed by atoms with Crippen LogP contribution in [0.5, 0.6) is 0 Å². The van der Waals surface area contributed by atoms with Crippen LogP contribution >= 0.6 is 0 Å². The molecule has 6 nitrogen and oxygen atoms in total. The second kappa shape index (κ2) is 6.17. The van der Waals surface area contributed by atoms with Gasteiger partial charge >= 0.3 is 5.97 Å². The van der Waals surface area contributed by atoms with E-state index in [4.69, 9.17) is 5.11 Å². The maximum Gasteiger partial charge on any atom is 0.335 e. The Labute approximate surface area is 112 Å². The van der Waals surface area contributed by atoms with E-state index in [1.165, 1.54) is 17.0 Å². The fraction of sp³-hybridized carbons (Fsp3) is 0.462. The molecule has 0 aliphatic rings. The number of nitrogens with zero attached hydrogens (tertiary/aromatic N) is 3. The molecule has 1 rings (SSSR count). The number of carbonyl (C=O) groups excluding carboxylic acids is 1. The molecular formula is C13H19N3O3. The smallest absolute Gasteiger partial charge is 0.335 e. The highest BCUT2D eigenvalue weighted by Gasteiger charge is 2.15. The van der Waals surface area contributed by atoms with E-state index in [2.05, 4.69) is 4.98 Å². The normalized spacial score (nSPS) is 10.1. The van der Waals surface area contributed by atoms with Crippen molar-refractivity contribution in [2.75, 3.05) is 32.1 Å². The number of likely N-dealkylation sites (N-methyl/N-ethyl adjacent to an activating group) is 2. The number of amides is 1. The standard InChI is InChI=1S/C13H19N3O3/c1-5-16(8-12(17)15(3)4)11-7-10(13(18)19)6-9(2)14-11/h6-7H,5,8H2,1-4H3,(H,18,19). The molecular weight excluding hydrogens is 246 g/mol. The van der Waals surface area contributed by atoms with Crippen LogP contribution in [-0.2, 0) is 4.79 Å². The predicted molar refractivity (Wildman–Crippen MR) is 72.5 cm³/mol. The highest BCUT2D eigenvalue weighted by Crippen LogP contribution is 2.15. The number of aromatic carboxylic acids is 1. The molecule has 0 aromatic carbocycles. The van der Waals surface area contributed by atoms with Crippen LogP contribution in [0.2, 0.25) is 0 Å². The molecule has 0 atom stereocenters. The summed E-state index contributed by atoms with van der Waals surface area (Å²) in [5.74, 6) is -0.543. The molecule has 1 aromatic heterocycles. The molecule has 1 N–H and O–H groups in total. The molecule has 1 aromatic rings. The molecule has 1 heterocycles. The Balaban J connectivity index is 3.04. The highest BCUT2D eigenvalue weighted by molar-refractivity contribution is 5.89. The second-order valence-corrected chi connectivity index (χ2v) is 4.46. The van der Waals surface area contributed by atoms with Gasteiger partial charge in [0.05, 0.1) is 12.1 Å². The zero-order valence-corrected chi connectivity index (χ0v) is 11.7. The Morgan fingerprint density at radius 1 is 1.32 bits per heavy atom. The minimum Gasteiger partial charge on any atom is -0.478 e. The molecule has 0 aliphatic carbocycles. The first-order valence-corrected chi connectivity index (χ1v) is 6.02. The summed E-state index contributed by atoms with van der Waals surface area (Å²) in [7, 11) is 3.37. The van der Waals surface area contributed by atoms with Gasteiger partial charge in [-0.1, -0.05) is 0 Å². The largest absolute Gasteiger partial charge is 0.478 e. The van der Waals surface area contributed by atoms with Crippen molar-refractivity contribution in [3.8, 4) is 0 Å². The van der Waals surface area contributed by atoms with Crippen molar-refractivity contribution in [3.63, 3.8) is 0 Å². The van der Waals surface area contributed by atoms with E-state index in [-0.39, 0.29) is 18.0 Å². The second-order valence-electron chi connectivity index (χ2n) is 4.46. The van der Waals surface area contributed by atoms with Gasteiger partial charge in [0.1, 0.15) is 5.82 Å². The summed E-state index contributed by atoms with van der Waals surface area (Å²) in [5, 5.41) is 9.04. The Hall–Kier alpha value is -2.11. The first-order valence-electron chi connectivity index (χ1n) is 6.02. The lowest BCUT2D eigenvalue weighted by Crippen LogP contribution is -2.37. The Bertz CT molecular complexity index is 486. The summed E-state index contributed by atoms with van der Waals surface area (Å²) >= 11 is 0. The number of hydrogen-bond donors (Lipinski definition) is 1. The predicted octanol–water partition coefficient (Wildman–Crippen LogP) is 1.00. The van der Waals surface area contributed by atoms with Crippen molar-refractivity contribution in [2.24, 2.45) is 0 Å². The molecule has 1 amide bonds. The Morgan fingerprint density at radius 3 is 2.42 bits per heavy atom. The third-order valence-electron chi connectivity index (χ3n) is 2.72. The lowest BCUT2D eigenvalue weighted by atomic mass is 10.2. The molecule has 0 saturated carbocycles. The third kappa shape index (κ3) is 3.94. The van der Waals surface area contributed by atoms with Crippen LogP contribution in [0, 0.1) is 6.92 Å². The van der Waals surface area contributed by atoms with Crippen molar-refractivity contribution < 1.29 is 14.7 Å². The molecule has 19 heavy (non-hydrogen) atoms. The summed E-state index contributed by atoms with van der Waals surface area (Å²) in [6.45, 7) is 4.39. The van der Waals surface area contributed by atoms with Crippen LogP contribution in [0.15, 0.2) is 12.1 Å². The molecule has 0 aliphatic heterocycles. The quantitative estimate of drug-likeness (QED) is 0.859. The average molecular weight is 265 g/mol. The van der Waals surface area contributed by atoms with E-state index >= 15 is 0 Å². The first kappa shape index (κ1) is 14.9. The monoisotopic (exact) mass is 265 g/mol. The van der Waals surface area contributed by atoms with E-state index in [1.807, 2.05) is 6.92 Å². The van der Waals surface area contributed by atoms with E-state index in [0.29, 0.717) is 18.1 Å². The van der Waals surface area contributed by atoms with Crippen LogP contribution in [0.1, 0.15) is 23.0 Å². The van der Waals surface area contributed by atoms with E-state index in [9.17, 15) is 9.59 Å². The van der Waals surface area contributed by atoms with Crippen molar-refractivity contribution in [1.82, 2.24) is 9.88 Å². The van der Waals surface area contributed by atoms with Crippen molar-refractivity contribution >= 4 is 17.7 Å². The number of hydrogen-bond acceptors (Lipinski definition) is 4. The molecule has 0 spiro atoms. The summed E-state index contributed by atoms with van der Waals surface area (Å²) in [6, 6.07) is 3.00. The van der Waals surface area contributed by atoms with Gasteiger partial charge in [0.2, 0.25) is 5.91 Å². The third-order valence-corrected chi connectivity index (χ3v) is 2.72. The summed E-state index contributed by atoms with van der Waals surface area (Å²) in [5.41, 5.74) is 0.795. The van der Waals surface area contributed by atoms with Gasteiger partial charge in [0.15, 0.2) is 0 Å². The fourth-order valence-corrected chi connectivity index (χ4v) is 1.60. The minimum atomic E-state index is -0.998. The molecule has 0 unspecified atom stereocenters. The van der Waals surface area contributed by atoms with Gasteiger partial charge in [-0.05, 0) is 26.0 Å². The number of carboxylic acid groups (broad SMARTS) is 1. The van der Waals surface area contributed by atoms with Crippen molar-refractivity contribution in [1.29, 1.82) is 0 Å². The first-order chi connectivity index (χ1) is 8.85. The Kier molecular flexibility index (Phi) is 4.86. The summed E-state index contributed by atoms with van der Waals surface area (Å²) in [6.07, 6.45) is 0. The van der Waals surface area contributed by atoms with Crippen LogP contribution in [0.4, 0.5) is 5.82 Å². The average Bonchev–Trinajstić information content (AvgIpc) is 2.34. The van der Waals surface area contributed by atoms with Crippen molar-refractivity contribution in [3.05, 3.63) is 23.4 Å². The van der Waals surface area contributed by atoms with Gasteiger partial charge in [0, 0.05) is 26.3 Å². The van der Waals surface area contributed by atoms with Gasteiger partial charge < -0.3 is 14.9 Å². The number of aryl methyl sites for hydroxylation is 1. The number of aromatic nitrogens is 1. The summed E-state index contributed by atoms with van der Waals surface area (Å²) in [4.78, 5) is 30.3. The highest BCUT2D eigenvalue weighted by atomic mass is 16.4. The zero-order chi connectivity index (χ0) is 14.6. The van der Waals surface area contributed by atoms with Crippen LogP contribution in [-0.4, -0.2) is 54.1 Å². The zero-order valence-electron chi connectivity index (χ0n) is 11.7. The number of carboxylic acids is 1. The van der Waals surface area contributed by atoms with Gasteiger partial charge in [-0.3, -0.25) is 4.79 Å². The number of rotatable bonds is 5. The maximum absolute atomic E-state index is 11.7. The number of carbonyl (C=O) groups is 2. The molecule has 0 bridgehead atoms. The van der Waals surface area contributed by atoms with E-state index in [0.717, 1.165) is 0 Å². The lowest BCUT2D eigenvalue weighted by molar-refractivity contribution is -0.127. The number of pyridine rings is 1. The SMILES string of the molecule is CCN(CC(=O)N(C)C)c1cc(C(=O)O)cc(C)n1.